The van der Waals surface area contributed by atoms with Crippen LogP contribution in [0, 0.1) is 5.92 Å². The van der Waals surface area contributed by atoms with Crippen molar-refractivity contribution in [3.05, 3.63) is 41.7 Å². The molecule has 0 unspecified atom stereocenters. The van der Waals surface area contributed by atoms with Crippen LogP contribution in [0.3, 0.4) is 0 Å². The molecule has 2 amide bonds. The van der Waals surface area contributed by atoms with Gasteiger partial charge in [-0.3, -0.25) is 14.3 Å². The van der Waals surface area contributed by atoms with Gasteiger partial charge < -0.3 is 15.8 Å². The third kappa shape index (κ3) is 5.91. The van der Waals surface area contributed by atoms with Gasteiger partial charge in [0.1, 0.15) is 18.1 Å². The summed E-state index contributed by atoms with van der Waals surface area (Å²) in [6, 6.07) is 7.52. The van der Waals surface area contributed by atoms with Gasteiger partial charge in [-0.1, -0.05) is 24.3 Å². The van der Waals surface area contributed by atoms with Crippen molar-refractivity contribution >= 4 is 11.8 Å². The fourth-order valence-electron chi connectivity index (χ4n) is 2.19. The Morgan fingerprint density at radius 3 is 2.68 bits per heavy atom. The zero-order valence-electron chi connectivity index (χ0n) is 14.4. The Hall–Kier alpha value is -2.90. The zero-order chi connectivity index (χ0) is 18.2. The molecule has 0 aliphatic rings. The standard InChI is InChI=1S/C17H23N5O3/c1-12(17(18)24)9-13-3-5-15(6-4-13)25-11-14-10-22(21-20-14)8-7-16(23)19-2/h3-6,10,12H,7-9,11H2,1-2H3,(H2,18,24)(H,19,23)/t12-/m0/s1. The van der Waals surface area contributed by atoms with E-state index in [1.807, 2.05) is 24.3 Å². The summed E-state index contributed by atoms with van der Waals surface area (Å²) in [4.78, 5) is 22.3. The van der Waals surface area contributed by atoms with Crippen molar-refractivity contribution in [2.45, 2.75) is 32.9 Å². The van der Waals surface area contributed by atoms with Gasteiger partial charge in [-0.2, -0.15) is 0 Å². The smallest absolute Gasteiger partial charge is 0.221 e. The molecule has 1 aromatic heterocycles. The Morgan fingerprint density at radius 2 is 2.04 bits per heavy atom. The molecule has 8 nitrogen and oxygen atoms in total. The highest BCUT2D eigenvalue weighted by atomic mass is 16.5. The van der Waals surface area contributed by atoms with E-state index in [9.17, 15) is 9.59 Å². The second kappa shape index (κ2) is 8.81. The molecule has 3 N–H and O–H groups in total. The van der Waals surface area contributed by atoms with Crippen LogP contribution in [0.5, 0.6) is 5.75 Å². The van der Waals surface area contributed by atoms with Gasteiger partial charge in [0.2, 0.25) is 11.8 Å². The molecule has 1 aromatic carbocycles. The summed E-state index contributed by atoms with van der Waals surface area (Å²) >= 11 is 0. The topological polar surface area (TPSA) is 112 Å². The molecule has 8 heteroatoms. The average Bonchev–Trinajstić information content (AvgIpc) is 3.06. The van der Waals surface area contributed by atoms with Gasteiger partial charge in [0.25, 0.3) is 0 Å². The number of amides is 2. The van der Waals surface area contributed by atoms with Crippen LogP contribution in [0.2, 0.25) is 0 Å². The number of hydrogen-bond donors (Lipinski definition) is 2. The van der Waals surface area contributed by atoms with Gasteiger partial charge in [-0.25, -0.2) is 0 Å². The molecule has 1 heterocycles. The van der Waals surface area contributed by atoms with Crippen LogP contribution in [0.25, 0.3) is 0 Å². The number of aryl methyl sites for hydroxylation is 1. The van der Waals surface area contributed by atoms with Crippen molar-refractivity contribution in [3.8, 4) is 5.75 Å². The normalized spacial score (nSPS) is 11.8. The van der Waals surface area contributed by atoms with Gasteiger partial charge in [0, 0.05) is 19.4 Å². The summed E-state index contributed by atoms with van der Waals surface area (Å²) in [6.07, 6.45) is 2.71. The second-order valence-electron chi connectivity index (χ2n) is 5.84. The number of rotatable bonds is 9. The molecule has 25 heavy (non-hydrogen) atoms. The fourth-order valence-corrected chi connectivity index (χ4v) is 2.19. The van der Waals surface area contributed by atoms with E-state index in [4.69, 9.17) is 10.5 Å². The molecule has 2 aromatic rings. The minimum atomic E-state index is -0.306. The quantitative estimate of drug-likeness (QED) is 0.693. The van der Waals surface area contributed by atoms with Crippen LogP contribution < -0.4 is 15.8 Å². The number of nitrogens with two attached hydrogens (primary N) is 1. The first kappa shape index (κ1) is 18.4. The molecule has 0 fully saturated rings. The summed E-state index contributed by atoms with van der Waals surface area (Å²) in [6.45, 7) is 2.57. The van der Waals surface area contributed by atoms with E-state index in [1.54, 1.807) is 24.9 Å². The molecule has 0 radical (unpaired) electrons. The molecular formula is C17H23N5O3. The number of nitrogens with one attached hydrogen (secondary N) is 1. The predicted molar refractivity (Wildman–Crippen MR) is 91.5 cm³/mol. The number of carbonyl (C=O) groups is 2. The van der Waals surface area contributed by atoms with Crippen LogP contribution in [0.1, 0.15) is 24.6 Å². The molecule has 0 saturated carbocycles. The van der Waals surface area contributed by atoms with Gasteiger partial charge >= 0.3 is 0 Å². The highest BCUT2D eigenvalue weighted by Gasteiger charge is 2.09. The number of hydrogen-bond acceptors (Lipinski definition) is 5. The summed E-state index contributed by atoms with van der Waals surface area (Å²) in [7, 11) is 1.60. The molecule has 0 aliphatic carbocycles. The molecule has 1 atom stereocenters. The van der Waals surface area contributed by atoms with Crippen LogP contribution in [0.15, 0.2) is 30.5 Å². The van der Waals surface area contributed by atoms with Crippen molar-refractivity contribution in [2.24, 2.45) is 11.7 Å². The van der Waals surface area contributed by atoms with Gasteiger partial charge in [-0.15, -0.1) is 5.10 Å². The summed E-state index contributed by atoms with van der Waals surface area (Å²) in [5, 5.41) is 10.5. The van der Waals surface area contributed by atoms with E-state index in [-0.39, 0.29) is 24.3 Å². The van der Waals surface area contributed by atoms with E-state index >= 15 is 0 Å². The highest BCUT2D eigenvalue weighted by Crippen LogP contribution is 2.16. The summed E-state index contributed by atoms with van der Waals surface area (Å²) < 4.78 is 7.29. The first-order valence-corrected chi connectivity index (χ1v) is 8.08. The van der Waals surface area contributed by atoms with Gasteiger partial charge in [-0.05, 0) is 24.1 Å². The van der Waals surface area contributed by atoms with Crippen LogP contribution in [0.4, 0.5) is 0 Å². The minimum absolute atomic E-state index is 0.0426. The molecule has 0 bridgehead atoms. The van der Waals surface area contributed by atoms with Gasteiger partial charge in [0.15, 0.2) is 0 Å². The van der Waals surface area contributed by atoms with Crippen molar-refractivity contribution in [2.75, 3.05) is 7.05 Å². The first-order valence-electron chi connectivity index (χ1n) is 8.08. The van der Waals surface area contributed by atoms with Crippen molar-refractivity contribution in [1.82, 2.24) is 20.3 Å². The Morgan fingerprint density at radius 1 is 1.32 bits per heavy atom. The molecule has 134 valence electrons. The Balaban J connectivity index is 1.82. The van der Waals surface area contributed by atoms with E-state index in [1.165, 1.54) is 0 Å². The van der Waals surface area contributed by atoms with Crippen LogP contribution in [-0.4, -0.2) is 33.9 Å². The average molecular weight is 345 g/mol. The molecule has 0 aliphatic heterocycles. The first-order chi connectivity index (χ1) is 12.0. The number of aromatic nitrogens is 3. The molecule has 0 spiro atoms. The van der Waals surface area contributed by atoms with Crippen molar-refractivity contribution in [1.29, 1.82) is 0 Å². The SMILES string of the molecule is CNC(=O)CCn1cc(COc2ccc(C[C@H](C)C(N)=O)cc2)nn1. The van der Waals surface area contributed by atoms with Gasteiger partial charge in [0.05, 0.1) is 12.7 Å². The largest absolute Gasteiger partial charge is 0.487 e. The van der Waals surface area contributed by atoms with E-state index in [2.05, 4.69) is 15.6 Å². The maximum absolute atomic E-state index is 11.2. The zero-order valence-corrected chi connectivity index (χ0v) is 14.4. The maximum Gasteiger partial charge on any atom is 0.221 e. The minimum Gasteiger partial charge on any atom is -0.487 e. The monoisotopic (exact) mass is 345 g/mol. The lowest BCUT2D eigenvalue weighted by molar-refractivity contribution is -0.121. The lowest BCUT2D eigenvalue weighted by Gasteiger charge is -2.08. The molecule has 2 rings (SSSR count). The Labute approximate surface area is 146 Å². The molecule has 0 saturated heterocycles. The lowest BCUT2D eigenvalue weighted by Crippen LogP contribution is -2.22. The third-order valence-corrected chi connectivity index (χ3v) is 3.77. The van der Waals surface area contributed by atoms with E-state index in [0.717, 1.165) is 5.56 Å². The predicted octanol–water partition coefficient (Wildman–Crippen LogP) is 0.657. The highest BCUT2D eigenvalue weighted by molar-refractivity contribution is 5.76. The van der Waals surface area contributed by atoms with Crippen LogP contribution in [-0.2, 0) is 29.2 Å². The fraction of sp³-hybridized carbons (Fsp3) is 0.412. The Kier molecular flexibility index (Phi) is 6.50. The summed E-state index contributed by atoms with van der Waals surface area (Å²) in [5.74, 6) is 0.158. The van der Waals surface area contributed by atoms with E-state index < -0.39 is 0 Å². The number of nitrogens with zero attached hydrogens (tertiary/aromatic N) is 3. The van der Waals surface area contributed by atoms with Crippen molar-refractivity contribution < 1.29 is 14.3 Å². The molecular weight excluding hydrogens is 322 g/mol. The summed E-state index contributed by atoms with van der Waals surface area (Å²) in [5.41, 5.74) is 6.98. The van der Waals surface area contributed by atoms with Crippen molar-refractivity contribution in [3.63, 3.8) is 0 Å². The lowest BCUT2D eigenvalue weighted by atomic mass is 10.0. The van der Waals surface area contributed by atoms with E-state index in [0.29, 0.717) is 30.8 Å². The second-order valence-corrected chi connectivity index (χ2v) is 5.84. The number of benzene rings is 1. The number of primary amides is 1. The third-order valence-electron chi connectivity index (χ3n) is 3.77. The Bertz CT molecular complexity index is 711. The number of carbonyl (C=O) groups excluding carboxylic acids is 2. The maximum atomic E-state index is 11.2. The van der Waals surface area contributed by atoms with Crippen LogP contribution >= 0.6 is 0 Å². The number of ether oxygens (including phenoxy) is 1.